The largest absolute Gasteiger partial charge is 0.486 e. The Morgan fingerprint density at radius 2 is 2.15 bits per heavy atom. The van der Waals surface area contributed by atoms with Crippen molar-refractivity contribution in [3.8, 4) is 16.9 Å². The van der Waals surface area contributed by atoms with Crippen molar-refractivity contribution in [2.24, 2.45) is 0 Å². The second-order valence-electron chi connectivity index (χ2n) is 6.58. The van der Waals surface area contributed by atoms with Gasteiger partial charge < -0.3 is 10.1 Å². The van der Waals surface area contributed by atoms with Gasteiger partial charge in [-0.15, -0.1) is 0 Å². The van der Waals surface area contributed by atoms with Crippen LogP contribution in [0.2, 0.25) is 0 Å². The van der Waals surface area contributed by atoms with Crippen LogP contribution in [-0.2, 0) is 11.2 Å². The molecule has 1 atom stereocenters. The van der Waals surface area contributed by atoms with Crippen molar-refractivity contribution in [3.63, 3.8) is 0 Å². The number of rotatable bonds is 6. The maximum absolute atomic E-state index is 13.7. The van der Waals surface area contributed by atoms with Crippen LogP contribution in [-0.4, -0.2) is 18.6 Å². The summed E-state index contributed by atoms with van der Waals surface area (Å²) in [6, 6.07) is 12.5. The molecule has 4 heteroatoms. The van der Waals surface area contributed by atoms with Crippen LogP contribution < -0.4 is 10.1 Å². The first-order chi connectivity index (χ1) is 12.6. The molecule has 0 spiro atoms. The van der Waals surface area contributed by atoms with Gasteiger partial charge in [-0.1, -0.05) is 24.3 Å². The number of amides is 1. The third-order valence-electron chi connectivity index (χ3n) is 4.48. The van der Waals surface area contributed by atoms with Gasteiger partial charge in [0, 0.05) is 13.5 Å². The van der Waals surface area contributed by atoms with Gasteiger partial charge in [-0.05, 0) is 72.7 Å². The topological polar surface area (TPSA) is 38.3 Å². The Kier molecular flexibility index (Phi) is 6.05. The third kappa shape index (κ3) is 4.94. The van der Waals surface area contributed by atoms with Gasteiger partial charge >= 0.3 is 0 Å². The molecule has 1 N–H and O–H groups in total. The molecule has 1 aliphatic carbocycles. The van der Waals surface area contributed by atoms with Crippen molar-refractivity contribution < 1.29 is 13.9 Å². The summed E-state index contributed by atoms with van der Waals surface area (Å²) < 4.78 is 19.8. The van der Waals surface area contributed by atoms with Crippen LogP contribution in [0.25, 0.3) is 11.1 Å². The lowest BCUT2D eigenvalue weighted by Gasteiger charge is -2.20. The average Bonchev–Trinajstić information content (AvgIpc) is 2.63. The fourth-order valence-electron chi connectivity index (χ4n) is 3.20. The standard InChI is InChI=1S/C22H24FNO2/c1-16(25)24-13-12-17-10-11-21(26-20-8-3-2-4-9-20)15-22(17)18-6-5-7-19(23)14-18/h3,5-8,10-11,14-15,20H,2,4,9,12-13H2,1H3,(H,24,25). The summed E-state index contributed by atoms with van der Waals surface area (Å²) in [5, 5.41) is 2.81. The van der Waals surface area contributed by atoms with Gasteiger partial charge in [0.05, 0.1) is 0 Å². The van der Waals surface area contributed by atoms with Crippen LogP contribution in [0.5, 0.6) is 5.75 Å². The van der Waals surface area contributed by atoms with E-state index in [1.807, 2.05) is 24.3 Å². The minimum absolute atomic E-state index is 0.0543. The van der Waals surface area contributed by atoms with E-state index in [1.54, 1.807) is 6.07 Å². The van der Waals surface area contributed by atoms with Crippen molar-refractivity contribution in [1.29, 1.82) is 0 Å². The van der Waals surface area contributed by atoms with Gasteiger partial charge in [-0.25, -0.2) is 4.39 Å². The highest BCUT2D eigenvalue weighted by Gasteiger charge is 2.13. The molecule has 0 fully saturated rings. The number of nitrogens with one attached hydrogen (secondary N) is 1. The molecule has 3 rings (SSSR count). The van der Waals surface area contributed by atoms with Gasteiger partial charge in [0.2, 0.25) is 5.91 Å². The molecule has 0 radical (unpaired) electrons. The van der Waals surface area contributed by atoms with E-state index < -0.39 is 0 Å². The number of halogens is 1. The molecule has 2 aromatic rings. The lowest BCUT2D eigenvalue weighted by atomic mass is 9.97. The van der Waals surface area contributed by atoms with Crippen molar-refractivity contribution in [1.82, 2.24) is 5.32 Å². The van der Waals surface area contributed by atoms with Crippen LogP contribution in [0, 0.1) is 5.82 Å². The van der Waals surface area contributed by atoms with Crippen molar-refractivity contribution >= 4 is 5.91 Å². The lowest BCUT2D eigenvalue weighted by Crippen LogP contribution is -2.22. The van der Waals surface area contributed by atoms with E-state index in [9.17, 15) is 9.18 Å². The minimum atomic E-state index is -0.267. The molecule has 0 aliphatic heterocycles. The maximum atomic E-state index is 13.7. The second kappa shape index (κ2) is 8.65. The van der Waals surface area contributed by atoms with E-state index in [-0.39, 0.29) is 17.8 Å². The molecule has 2 aromatic carbocycles. The van der Waals surface area contributed by atoms with E-state index >= 15 is 0 Å². The summed E-state index contributed by atoms with van der Waals surface area (Å²) in [6.45, 7) is 2.05. The van der Waals surface area contributed by atoms with Gasteiger partial charge in [-0.2, -0.15) is 0 Å². The number of hydrogen-bond acceptors (Lipinski definition) is 2. The van der Waals surface area contributed by atoms with E-state index in [0.717, 1.165) is 41.7 Å². The number of carbonyl (C=O) groups excluding carboxylic acids is 1. The van der Waals surface area contributed by atoms with Gasteiger partial charge in [0.1, 0.15) is 17.7 Å². The third-order valence-corrected chi connectivity index (χ3v) is 4.48. The Labute approximate surface area is 153 Å². The van der Waals surface area contributed by atoms with Crippen LogP contribution >= 0.6 is 0 Å². The molecule has 0 aromatic heterocycles. The SMILES string of the molecule is CC(=O)NCCc1ccc(OC2C=CCCC2)cc1-c1cccc(F)c1. The summed E-state index contributed by atoms with van der Waals surface area (Å²) >= 11 is 0. The number of ether oxygens (including phenoxy) is 1. The van der Waals surface area contributed by atoms with Crippen LogP contribution in [0.1, 0.15) is 31.7 Å². The fourth-order valence-corrected chi connectivity index (χ4v) is 3.20. The first-order valence-electron chi connectivity index (χ1n) is 9.08. The van der Waals surface area contributed by atoms with E-state index in [2.05, 4.69) is 17.5 Å². The maximum Gasteiger partial charge on any atom is 0.216 e. The first kappa shape index (κ1) is 18.2. The monoisotopic (exact) mass is 353 g/mol. The second-order valence-corrected chi connectivity index (χ2v) is 6.58. The molecule has 0 saturated heterocycles. The van der Waals surface area contributed by atoms with E-state index in [1.165, 1.54) is 19.1 Å². The van der Waals surface area contributed by atoms with Gasteiger partial charge in [-0.3, -0.25) is 4.79 Å². The number of hydrogen-bond donors (Lipinski definition) is 1. The highest BCUT2D eigenvalue weighted by molar-refractivity contribution is 5.73. The molecule has 1 unspecified atom stereocenters. The Bertz CT molecular complexity index is 800. The zero-order chi connectivity index (χ0) is 18.4. The zero-order valence-corrected chi connectivity index (χ0v) is 15.0. The molecule has 0 saturated carbocycles. The molecule has 3 nitrogen and oxygen atoms in total. The molecule has 1 aliphatic rings. The van der Waals surface area contributed by atoms with Crippen LogP contribution in [0.3, 0.4) is 0 Å². The van der Waals surface area contributed by atoms with E-state index in [4.69, 9.17) is 4.74 Å². The molecule has 136 valence electrons. The predicted octanol–water partition coefficient (Wildman–Crippen LogP) is 4.66. The smallest absolute Gasteiger partial charge is 0.216 e. The molecular formula is C22H24FNO2. The Morgan fingerprint density at radius 1 is 1.27 bits per heavy atom. The quantitative estimate of drug-likeness (QED) is 0.767. The molecule has 0 bridgehead atoms. The van der Waals surface area contributed by atoms with E-state index in [0.29, 0.717) is 13.0 Å². The molecule has 26 heavy (non-hydrogen) atoms. The van der Waals surface area contributed by atoms with Gasteiger partial charge in [0.25, 0.3) is 0 Å². The molecule has 1 amide bonds. The Hall–Kier alpha value is -2.62. The summed E-state index contributed by atoms with van der Waals surface area (Å²) in [5.41, 5.74) is 2.80. The normalized spacial score (nSPS) is 16.3. The summed E-state index contributed by atoms with van der Waals surface area (Å²) in [4.78, 5) is 11.1. The van der Waals surface area contributed by atoms with Crippen LogP contribution in [0.15, 0.2) is 54.6 Å². The molecule has 0 heterocycles. The highest BCUT2D eigenvalue weighted by Crippen LogP contribution is 2.30. The predicted molar refractivity (Wildman–Crippen MR) is 102 cm³/mol. The Balaban J connectivity index is 1.87. The summed E-state index contributed by atoms with van der Waals surface area (Å²) in [7, 11) is 0. The highest BCUT2D eigenvalue weighted by atomic mass is 19.1. The average molecular weight is 353 g/mol. The first-order valence-corrected chi connectivity index (χ1v) is 9.08. The fraction of sp³-hybridized carbons (Fsp3) is 0.318. The Morgan fingerprint density at radius 3 is 2.88 bits per heavy atom. The number of benzene rings is 2. The van der Waals surface area contributed by atoms with Crippen molar-refractivity contribution in [2.45, 2.75) is 38.7 Å². The lowest BCUT2D eigenvalue weighted by molar-refractivity contribution is -0.118. The summed E-state index contributed by atoms with van der Waals surface area (Å²) in [6.07, 6.45) is 8.28. The number of allylic oxidation sites excluding steroid dienone is 1. The van der Waals surface area contributed by atoms with Crippen molar-refractivity contribution in [2.75, 3.05) is 6.54 Å². The van der Waals surface area contributed by atoms with Gasteiger partial charge in [0.15, 0.2) is 0 Å². The number of carbonyl (C=O) groups is 1. The minimum Gasteiger partial charge on any atom is -0.486 e. The van der Waals surface area contributed by atoms with Crippen LogP contribution in [0.4, 0.5) is 4.39 Å². The zero-order valence-electron chi connectivity index (χ0n) is 15.0. The van der Waals surface area contributed by atoms with Crippen molar-refractivity contribution in [3.05, 3.63) is 66.0 Å². The molecular weight excluding hydrogens is 329 g/mol. The summed E-state index contributed by atoms with van der Waals surface area (Å²) in [5.74, 6) is 0.460.